The van der Waals surface area contributed by atoms with Gasteiger partial charge in [0.25, 0.3) is 0 Å². The van der Waals surface area contributed by atoms with Crippen LogP contribution in [0.1, 0.15) is 17.7 Å². The van der Waals surface area contributed by atoms with Crippen LogP contribution in [0.15, 0.2) is 17.5 Å². The molecule has 11 heavy (non-hydrogen) atoms. The Balaban J connectivity index is 1.66. The van der Waals surface area contributed by atoms with Gasteiger partial charge in [-0.25, -0.2) is 5.32 Å². The van der Waals surface area contributed by atoms with Crippen LogP contribution in [0.5, 0.6) is 0 Å². The number of hydrogen-bond acceptors (Lipinski definition) is 1. The molecule has 0 saturated heterocycles. The van der Waals surface area contributed by atoms with Gasteiger partial charge in [-0.15, -0.1) is 11.3 Å². The number of nitrogens with zero attached hydrogens (tertiary/aromatic N) is 1. The first-order valence-corrected chi connectivity index (χ1v) is 4.99. The van der Waals surface area contributed by atoms with Crippen molar-refractivity contribution in [2.75, 3.05) is 6.54 Å². The zero-order valence-corrected chi connectivity index (χ0v) is 7.31. The largest absolute Gasteiger partial charge is 0.236 e. The summed E-state index contributed by atoms with van der Waals surface area (Å²) in [5.41, 5.74) is 0. The molecule has 1 fully saturated rings. The highest BCUT2D eigenvalue weighted by molar-refractivity contribution is 7.09. The molecule has 1 aliphatic carbocycles. The third kappa shape index (κ3) is 2.31. The van der Waals surface area contributed by atoms with Crippen molar-refractivity contribution in [2.45, 2.75) is 19.4 Å². The number of hydrogen-bond donors (Lipinski definition) is 0. The van der Waals surface area contributed by atoms with E-state index in [1.54, 1.807) is 11.3 Å². The van der Waals surface area contributed by atoms with Gasteiger partial charge in [-0.1, -0.05) is 6.07 Å². The molecule has 1 aromatic heterocycles. The summed E-state index contributed by atoms with van der Waals surface area (Å²) in [5.74, 6) is 0.940. The van der Waals surface area contributed by atoms with E-state index in [1.165, 1.54) is 17.7 Å². The summed E-state index contributed by atoms with van der Waals surface area (Å²) in [7, 11) is 0. The van der Waals surface area contributed by atoms with E-state index in [2.05, 4.69) is 22.8 Å². The smallest absolute Gasteiger partial charge is 0.0478 e. The minimum Gasteiger partial charge on any atom is -0.236 e. The second-order valence-electron chi connectivity index (χ2n) is 3.09. The molecular formula is C9H12NS. The first-order chi connectivity index (χ1) is 5.45. The van der Waals surface area contributed by atoms with E-state index < -0.39 is 0 Å². The molecule has 0 N–H and O–H groups in total. The monoisotopic (exact) mass is 166 g/mol. The topological polar surface area (TPSA) is 14.1 Å². The Kier molecular flexibility index (Phi) is 2.24. The summed E-state index contributed by atoms with van der Waals surface area (Å²) in [6.07, 6.45) is 2.82. The molecule has 1 heterocycles. The maximum absolute atomic E-state index is 4.49. The summed E-state index contributed by atoms with van der Waals surface area (Å²) in [6.45, 7) is 2.03. The van der Waals surface area contributed by atoms with Gasteiger partial charge in [-0.3, -0.25) is 0 Å². The Morgan fingerprint density at radius 3 is 3.09 bits per heavy atom. The Morgan fingerprint density at radius 1 is 1.55 bits per heavy atom. The second-order valence-corrected chi connectivity index (χ2v) is 4.12. The normalized spacial score (nSPS) is 17.1. The standard InChI is InChI=1S/C9H12NS/c1-2-9(11-5-1)7-10-6-8-3-4-8/h1-2,5,8H,3-4,6-7H2. The molecule has 0 amide bonds. The van der Waals surface area contributed by atoms with E-state index in [-0.39, 0.29) is 0 Å². The van der Waals surface area contributed by atoms with Crippen LogP contribution in [0.25, 0.3) is 0 Å². The Morgan fingerprint density at radius 2 is 2.45 bits per heavy atom. The molecule has 0 spiro atoms. The molecule has 1 nitrogen and oxygen atoms in total. The average molecular weight is 166 g/mol. The second kappa shape index (κ2) is 3.37. The zero-order chi connectivity index (χ0) is 7.52. The van der Waals surface area contributed by atoms with Crippen LogP contribution in [-0.2, 0) is 6.54 Å². The molecule has 59 valence electrons. The lowest BCUT2D eigenvalue weighted by atomic mass is 10.4. The number of rotatable bonds is 4. The van der Waals surface area contributed by atoms with Crippen molar-refractivity contribution in [2.24, 2.45) is 5.92 Å². The van der Waals surface area contributed by atoms with E-state index in [9.17, 15) is 0 Å². The fraction of sp³-hybridized carbons (Fsp3) is 0.556. The molecule has 1 aliphatic rings. The van der Waals surface area contributed by atoms with Crippen molar-refractivity contribution < 1.29 is 0 Å². The van der Waals surface area contributed by atoms with Crippen molar-refractivity contribution in [3.05, 3.63) is 22.4 Å². The van der Waals surface area contributed by atoms with Crippen LogP contribution >= 0.6 is 11.3 Å². The minimum atomic E-state index is 0.939. The molecule has 0 aromatic carbocycles. The van der Waals surface area contributed by atoms with Gasteiger partial charge < -0.3 is 0 Å². The van der Waals surface area contributed by atoms with Gasteiger partial charge in [0.15, 0.2) is 0 Å². The molecule has 2 rings (SSSR count). The van der Waals surface area contributed by atoms with Crippen molar-refractivity contribution in [1.29, 1.82) is 0 Å². The van der Waals surface area contributed by atoms with E-state index in [4.69, 9.17) is 0 Å². The van der Waals surface area contributed by atoms with Crippen LogP contribution in [0.2, 0.25) is 0 Å². The van der Waals surface area contributed by atoms with E-state index in [0.717, 1.165) is 19.0 Å². The van der Waals surface area contributed by atoms with Crippen molar-refractivity contribution in [3.63, 3.8) is 0 Å². The van der Waals surface area contributed by atoms with Gasteiger partial charge in [-0.2, -0.15) is 0 Å². The van der Waals surface area contributed by atoms with Gasteiger partial charge in [0.1, 0.15) is 0 Å². The zero-order valence-electron chi connectivity index (χ0n) is 6.49. The fourth-order valence-corrected chi connectivity index (χ4v) is 1.72. The van der Waals surface area contributed by atoms with Gasteiger partial charge in [0.05, 0.1) is 0 Å². The third-order valence-electron chi connectivity index (χ3n) is 1.93. The molecule has 0 atom stereocenters. The lowest BCUT2D eigenvalue weighted by Gasteiger charge is -1.96. The third-order valence-corrected chi connectivity index (χ3v) is 2.79. The van der Waals surface area contributed by atoms with Gasteiger partial charge >= 0.3 is 0 Å². The quantitative estimate of drug-likeness (QED) is 0.651. The van der Waals surface area contributed by atoms with Crippen molar-refractivity contribution in [3.8, 4) is 0 Å². The van der Waals surface area contributed by atoms with Crippen LogP contribution in [-0.4, -0.2) is 6.54 Å². The Bertz CT molecular complexity index is 201. The fourth-order valence-electron chi connectivity index (χ4n) is 1.06. The van der Waals surface area contributed by atoms with Crippen LogP contribution < -0.4 is 5.32 Å². The maximum Gasteiger partial charge on any atom is 0.0478 e. The Labute approximate surface area is 71.4 Å². The van der Waals surface area contributed by atoms with Crippen LogP contribution in [0.4, 0.5) is 0 Å². The van der Waals surface area contributed by atoms with Gasteiger partial charge in [0, 0.05) is 18.0 Å². The molecule has 2 heteroatoms. The summed E-state index contributed by atoms with van der Waals surface area (Å²) >= 11 is 1.80. The maximum atomic E-state index is 4.49. The lowest BCUT2D eigenvalue weighted by molar-refractivity contribution is 0.630. The molecule has 0 bridgehead atoms. The average Bonchev–Trinajstić information content (AvgIpc) is 2.66. The van der Waals surface area contributed by atoms with Crippen LogP contribution in [0, 0.1) is 5.92 Å². The molecule has 0 unspecified atom stereocenters. The minimum absolute atomic E-state index is 0.939. The highest BCUT2D eigenvalue weighted by Gasteiger charge is 2.20. The summed E-state index contributed by atoms with van der Waals surface area (Å²) in [5, 5.41) is 6.60. The Hall–Kier alpha value is -0.340. The molecule has 1 aromatic rings. The predicted molar refractivity (Wildman–Crippen MR) is 47.7 cm³/mol. The molecular weight excluding hydrogens is 154 g/mol. The molecule has 0 aliphatic heterocycles. The van der Waals surface area contributed by atoms with Gasteiger partial charge in [-0.05, 0) is 30.2 Å². The van der Waals surface area contributed by atoms with Gasteiger partial charge in [0.2, 0.25) is 0 Å². The highest BCUT2D eigenvalue weighted by Crippen LogP contribution is 2.28. The molecule has 1 radical (unpaired) electrons. The number of thiophene rings is 1. The van der Waals surface area contributed by atoms with Crippen molar-refractivity contribution in [1.82, 2.24) is 5.32 Å². The SMILES string of the molecule is c1csc(C[N]CC2CC2)c1. The first-order valence-electron chi connectivity index (χ1n) is 4.11. The highest BCUT2D eigenvalue weighted by atomic mass is 32.1. The predicted octanol–water partition coefficient (Wildman–Crippen LogP) is 2.26. The summed E-state index contributed by atoms with van der Waals surface area (Å²) in [6, 6.07) is 4.24. The van der Waals surface area contributed by atoms with Crippen molar-refractivity contribution >= 4 is 11.3 Å². The first kappa shape index (κ1) is 7.32. The lowest BCUT2D eigenvalue weighted by Crippen LogP contribution is -2.06. The van der Waals surface area contributed by atoms with E-state index in [1.807, 2.05) is 0 Å². The van der Waals surface area contributed by atoms with E-state index in [0.29, 0.717) is 0 Å². The summed E-state index contributed by atoms with van der Waals surface area (Å²) in [4.78, 5) is 1.39. The summed E-state index contributed by atoms with van der Waals surface area (Å²) < 4.78 is 0. The molecule has 1 saturated carbocycles. The van der Waals surface area contributed by atoms with E-state index >= 15 is 0 Å². The van der Waals surface area contributed by atoms with Crippen LogP contribution in [0.3, 0.4) is 0 Å².